The Morgan fingerprint density at radius 1 is 0.800 bits per heavy atom. The molecule has 1 radical (unpaired) electrons. The molecule has 0 aliphatic carbocycles. The molecule has 0 saturated carbocycles. The van der Waals surface area contributed by atoms with Crippen LogP contribution in [0.1, 0.15) is 47.0 Å². The van der Waals surface area contributed by atoms with E-state index in [0.717, 1.165) is 19.3 Å². The van der Waals surface area contributed by atoms with E-state index in [-0.39, 0.29) is 22.9 Å². The quantitative estimate of drug-likeness (QED) is 0.508. The number of hydrogen-bond acceptors (Lipinski definition) is 0. The summed E-state index contributed by atoms with van der Waals surface area (Å²) in [5.41, 5.74) is 2.78. The van der Waals surface area contributed by atoms with E-state index in [9.17, 15) is 0 Å². The summed E-state index contributed by atoms with van der Waals surface area (Å²) in [6.45, 7) is 13.7. The third-order valence-electron chi connectivity index (χ3n) is 5.10. The van der Waals surface area contributed by atoms with Gasteiger partial charge >= 0.3 is 0 Å². The number of para-hydroxylation sites is 2. The van der Waals surface area contributed by atoms with Crippen LogP contribution in [0.25, 0.3) is 21.8 Å². The Morgan fingerprint density at radius 3 is 1.56 bits per heavy atom. The van der Waals surface area contributed by atoms with Gasteiger partial charge in [0.1, 0.15) is 0 Å². The van der Waals surface area contributed by atoms with Crippen LogP contribution in [-0.4, -0.2) is 21.9 Å². The van der Waals surface area contributed by atoms with Crippen molar-refractivity contribution in [3.8, 4) is 0 Å². The number of benzene rings is 2. The zero-order valence-electron chi connectivity index (χ0n) is 15.5. The van der Waals surface area contributed by atoms with Crippen LogP contribution in [0.15, 0.2) is 48.5 Å². The highest BCUT2D eigenvalue weighted by Crippen LogP contribution is 2.42. The van der Waals surface area contributed by atoms with Crippen molar-refractivity contribution in [3.05, 3.63) is 55.5 Å². The summed E-state index contributed by atoms with van der Waals surface area (Å²) < 4.78 is 2.62. The Morgan fingerprint density at radius 2 is 1.20 bits per heavy atom. The van der Waals surface area contributed by atoms with Crippen molar-refractivity contribution in [3.63, 3.8) is 0 Å². The predicted molar refractivity (Wildman–Crippen MR) is 116 cm³/mol. The first-order valence-electron chi connectivity index (χ1n) is 9.26. The summed E-state index contributed by atoms with van der Waals surface area (Å²) in [4.78, 5) is 0. The van der Waals surface area contributed by atoms with Gasteiger partial charge in [-0.05, 0) is 43.2 Å². The molecule has 3 aromatic rings. The summed E-state index contributed by atoms with van der Waals surface area (Å²) in [7, 11) is 0. The molecule has 0 fully saturated rings. The lowest BCUT2D eigenvalue weighted by atomic mass is 9.79. The van der Waals surface area contributed by atoms with Crippen LogP contribution in [0.3, 0.4) is 0 Å². The fraction of sp³-hybridized carbons (Fsp3) is 0.435. The lowest BCUT2D eigenvalue weighted by Crippen LogP contribution is -2.36. The molecule has 0 N–H and O–H groups in total. The van der Waals surface area contributed by atoms with E-state index in [1.165, 1.54) is 21.8 Å². The lowest BCUT2D eigenvalue weighted by Gasteiger charge is -2.39. The maximum atomic E-state index is 4.41. The normalized spacial score (nSPS) is 12.3. The van der Waals surface area contributed by atoms with Crippen LogP contribution in [0, 0.1) is 18.8 Å². The van der Waals surface area contributed by atoms with Gasteiger partial charge in [-0.3, -0.25) is 0 Å². The van der Waals surface area contributed by atoms with E-state index in [0.29, 0.717) is 11.8 Å². The Kier molecular flexibility index (Phi) is 6.41. The van der Waals surface area contributed by atoms with Gasteiger partial charge in [-0.2, -0.15) is 0 Å². The predicted octanol–water partition coefficient (Wildman–Crippen LogP) is 5.62. The number of fused-ring (bicyclic) bond motifs is 3. The maximum Gasteiger partial charge on any atom is 0.187 e. The van der Waals surface area contributed by atoms with E-state index >= 15 is 0 Å². The van der Waals surface area contributed by atoms with Crippen molar-refractivity contribution in [2.75, 3.05) is 0 Å². The average molecular weight is 351 g/mol. The summed E-state index contributed by atoms with van der Waals surface area (Å²) >= 11 is 0. The molecule has 0 amide bonds. The SMILES string of the molecule is [AlH3].[CH2]CC(CC(C)C)(CC(C)C)n1c2ccccc2c2ccccc21. The minimum absolute atomic E-state index is 0. The Bertz CT molecular complexity index is 765. The second-order valence-corrected chi connectivity index (χ2v) is 8.04. The van der Waals surface area contributed by atoms with Crippen LogP contribution in [-0.2, 0) is 5.54 Å². The molecule has 1 aromatic heterocycles. The van der Waals surface area contributed by atoms with Crippen molar-refractivity contribution in [1.82, 2.24) is 4.57 Å². The van der Waals surface area contributed by atoms with E-state index in [1.807, 2.05) is 0 Å². The molecular formula is C23H33AlN. The zero-order chi connectivity index (χ0) is 17.3. The largest absolute Gasteiger partial charge is 0.334 e. The number of hydrogen-bond donors (Lipinski definition) is 0. The van der Waals surface area contributed by atoms with E-state index in [1.54, 1.807) is 0 Å². The first-order valence-corrected chi connectivity index (χ1v) is 9.26. The first-order chi connectivity index (χ1) is 11.5. The third kappa shape index (κ3) is 3.67. The number of nitrogens with zero attached hydrogens (tertiary/aromatic N) is 1. The standard InChI is InChI=1S/C23H30N.Al.3H/c1-6-23(15-17(2)3,16-18(4)5)24-21-13-9-7-11-19(21)20-12-8-10-14-22(20)24;;;;/h7-14,17-18H,1,6,15-16H2,2-5H3;;;;. The van der Waals surface area contributed by atoms with E-state index in [4.69, 9.17) is 0 Å². The molecule has 0 unspecified atom stereocenters. The van der Waals surface area contributed by atoms with Crippen molar-refractivity contribution in [2.45, 2.75) is 52.5 Å². The monoisotopic (exact) mass is 350 g/mol. The summed E-state index contributed by atoms with van der Waals surface area (Å²) in [6.07, 6.45) is 3.25. The van der Waals surface area contributed by atoms with Crippen molar-refractivity contribution in [1.29, 1.82) is 0 Å². The van der Waals surface area contributed by atoms with Crippen LogP contribution in [0.4, 0.5) is 0 Å². The van der Waals surface area contributed by atoms with Crippen LogP contribution < -0.4 is 0 Å². The highest BCUT2D eigenvalue weighted by molar-refractivity contribution is 6.08. The molecule has 133 valence electrons. The van der Waals surface area contributed by atoms with Gasteiger partial charge in [0.15, 0.2) is 17.4 Å². The molecule has 1 heterocycles. The minimum atomic E-state index is 0. The number of aromatic nitrogens is 1. The third-order valence-corrected chi connectivity index (χ3v) is 5.10. The van der Waals surface area contributed by atoms with Gasteiger partial charge in [-0.1, -0.05) is 71.0 Å². The van der Waals surface area contributed by atoms with Gasteiger partial charge in [0.2, 0.25) is 0 Å². The molecule has 2 heteroatoms. The van der Waals surface area contributed by atoms with Gasteiger partial charge in [0.25, 0.3) is 0 Å². The molecule has 0 aliphatic rings. The highest BCUT2D eigenvalue weighted by atomic mass is 27.0. The summed E-state index contributed by atoms with van der Waals surface area (Å²) in [5.74, 6) is 1.29. The van der Waals surface area contributed by atoms with Gasteiger partial charge < -0.3 is 4.57 Å². The van der Waals surface area contributed by atoms with Crippen molar-refractivity contribution in [2.24, 2.45) is 11.8 Å². The number of rotatable bonds is 6. The van der Waals surface area contributed by atoms with Crippen LogP contribution in [0.2, 0.25) is 0 Å². The van der Waals surface area contributed by atoms with Gasteiger partial charge in [-0.15, -0.1) is 0 Å². The van der Waals surface area contributed by atoms with E-state index in [2.05, 4.69) is 87.7 Å². The Labute approximate surface area is 163 Å². The van der Waals surface area contributed by atoms with E-state index < -0.39 is 0 Å². The van der Waals surface area contributed by atoms with Gasteiger partial charge in [0.05, 0.1) is 0 Å². The zero-order valence-corrected chi connectivity index (χ0v) is 15.5. The molecule has 25 heavy (non-hydrogen) atoms. The van der Waals surface area contributed by atoms with Crippen LogP contribution >= 0.6 is 0 Å². The Balaban J connectivity index is 0.00000225. The molecule has 0 spiro atoms. The van der Waals surface area contributed by atoms with Gasteiger partial charge in [0, 0.05) is 27.3 Å². The molecule has 2 aromatic carbocycles. The van der Waals surface area contributed by atoms with Gasteiger partial charge in [-0.25, -0.2) is 0 Å². The fourth-order valence-corrected chi connectivity index (χ4v) is 4.54. The smallest absolute Gasteiger partial charge is 0.187 e. The fourth-order valence-electron chi connectivity index (χ4n) is 4.54. The topological polar surface area (TPSA) is 4.93 Å². The van der Waals surface area contributed by atoms with Crippen molar-refractivity contribution >= 4 is 39.2 Å². The molecular weight excluding hydrogens is 317 g/mol. The second-order valence-electron chi connectivity index (χ2n) is 8.04. The Hall–Kier alpha value is -1.23. The van der Waals surface area contributed by atoms with Crippen molar-refractivity contribution < 1.29 is 0 Å². The molecule has 0 bridgehead atoms. The molecule has 0 aliphatic heterocycles. The second kappa shape index (κ2) is 7.98. The lowest BCUT2D eigenvalue weighted by molar-refractivity contribution is 0.198. The summed E-state index contributed by atoms with van der Waals surface area (Å²) in [5, 5.41) is 2.72. The minimum Gasteiger partial charge on any atom is -0.334 e. The highest BCUT2D eigenvalue weighted by Gasteiger charge is 2.34. The summed E-state index contributed by atoms with van der Waals surface area (Å²) in [6, 6.07) is 17.7. The molecule has 1 nitrogen and oxygen atoms in total. The first kappa shape index (κ1) is 20.1. The average Bonchev–Trinajstić information content (AvgIpc) is 2.88. The van der Waals surface area contributed by atoms with Crippen LogP contribution in [0.5, 0.6) is 0 Å². The molecule has 0 saturated heterocycles. The maximum absolute atomic E-state index is 4.41. The molecule has 0 atom stereocenters. The molecule has 3 rings (SSSR count).